The molecule has 0 aromatic heterocycles. The van der Waals surface area contributed by atoms with Gasteiger partial charge in [0.15, 0.2) is 0 Å². The summed E-state index contributed by atoms with van der Waals surface area (Å²) in [5.41, 5.74) is 0.456. The SMILES string of the molecule is CC(C)C1CNC2(CCCC2)CN1CCC1CCOC1. The van der Waals surface area contributed by atoms with Gasteiger partial charge in [-0.25, -0.2) is 0 Å². The predicted octanol–water partition coefficient (Wildman–Crippen LogP) is 2.66. The van der Waals surface area contributed by atoms with Crippen LogP contribution in [-0.2, 0) is 4.74 Å². The van der Waals surface area contributed by atoms with Crippen LogP contribution >= 0.6 is 0 Å². The fourth-order valence-electron chi connectivity index (χ4n) is 4.46. The van der Waals surface area contributed by atoms with Crippen LogP contribution in [0.5, 0.6) is 0 Å². The molecule has 2 unspecified atom stereocenters. The van der Waals surface area contributed by atoms with Crippen LogP contribution in [0.3, 0.4) is 0 Å². The first-order chi connectivity index (χ1) is 9.69. The Kier molecular flexibility index (Phi) is 4.68. The Morgan fingerprint density at radius 3 is 2.75 bits per heavy atom. The van der Waals surface area contributed by atoms with Gasteiger partial charge in [0.05, 0.1) is 0 Å². The molecule has 3 nitrogen and oxygen atoms in total. The Balaban J connectivity index is 1.59. The fraction of sp³-hybridized carbons (Fsp3) is 1.00. The van der Waals surface area contributed by atoms with Crippen LogP contribution in [0.2, 0.25) is 0 Å². The summed E-state index contributed by atoms with van der Waals surface area (Å²) in [7, 11) is 0. The van der Waals surface area contributed by atoms with Gasteiger partial charge in [-0.2, -0.15) is 0 Å². The Morgan fingerprint density at radius 1 is 1.30 bits per heavy atom. The van der Waals surface area contributed by atoms with Gasteiger partial charge in [0.25, 0.3) is 0 Å². The second kappa shape index (κ2) is 6.33. The van der Waals surface area contributed by atoms with Crippen molar-refractivity contribution in [3.63, 3.8) is 0 Å². The van der Waals surface area contributed by atoms with E-state index in [2.05, 4.69) is 24.1 Å². The molecule has 0 amide bonds. The zero-order valence-electron chi connectivity index (χ0n) is 13.4. The smallest absolute Gasteiger partial charge is 0.0495 e. The number of nitrogens with one attached hydrogen (secondary N) is 1. The topological polar surface area (TPSA) is 24.5 Å². The second-order valence-electron chi connectivity index (χ2n) is 7.67. The molecule has 20 heavy (non-hydrogen) atoms. The summed E-state index contributed by atoms with van der Waals surface area (Å²) >= 11 is 0. The van der Waals surface area contributed by atoms with Crippen LogP contribution < -0.4 is 5.32 Å². The zero-order valence-corrected chi connectivity index (χ0v) is 13.4. The molecule has 1 saturated carbocycles. The molecule has 116 valence electrons. The van der Waals surface area contributed by atoms with Crippen molar-refractivity contribution in [1.29, 1.82) is 0 Å². The van der Waals surface area contributed by atoms with E-state index in [1.54, 1.807) is 0 Å². The molecule has 3 heteroatoms. The lowest BCUT2D eigenvalue weighted by Crippen LogP contribution is -2.64. The van der Waals surface area contributed by atoms with E-state index in [-0.39, 0.29) is 0 Å². The molecule has 2 atom stereocenters. The molecule has 0 bridgehead atoms. The summed E-state index contributed by atoms with van der Waals surface area (Å²) < 4.78 is 5.53. The molecule has 3 aliphatic rings. The minimum atomic E-state index is 0.456. The van der Waals surface area contributed by atoms with Crippen LogP contribution in [0, 0.1) is 11.8 Å². The van der Waals surface area contributed by atoms with Crippen molar-refractivity contribution >= 4 is 0 Å². The largest absolute Gasteiger partial charge is 0.381 e. The molecule has 2 aliphatic heterocycles. The maximum Gasteiger partial charge on any atom is 0.0495 e. The van der Waals surface area contributed by atoms with Crippen LogP contribution in [-0.4, -0.2) is 49.3 Å². The van der Waals surface area contributed by atoms with Crippen molar-refractivity contribution in [3.05, 3.63) is 0 Å². The Hall–Kier alpha value is -0.120. The van der Waals surface area contributed by atoms with Crippen molar-refractivity contribution in [3.8, 4) is 0 Å². The van der Waals surface area contributed by atoms with Gasteiger partial charge in [-0.1, -0.05) is 26.7 Å². The summed E-state index contributed by atoms with van der Waals surface area (Å²) in [5.74, 6) is 1.57. The van der Waals surface area contributed by atoms with E-state index < -0.39 is 0 Å². The van der Waals surface area contributed by atoms with Gasteiger partial charge < -0.3 is 10.1 Å². The first-order valence-electron chi connectivity index (χ1n) is 8.75. The van der Waals surface area contributed by atoms with Gasteiger partial charge in [-0.15, -0.1) is 0 Å². The number of hydrogen-bond acceptors (Lipinski definition) is 3. The Labute approximate surface area is 124 Å². The molecule has 1 N–H and O–H groups in total. The minimum Gasteiger partial charge on any atom is -0.381 e. The van der Waals surface area contributed by atoms with E-state index in [9.17, 15) is 0 Å². The second-order valence-corrected chi connectivity index (χ2v) is 7.67. The van der Waals surface area contributed by atoms with E-state index in [4.69, 9.17) is 4.74 Å². The number of piperazine rings is 1. The predicted molar refractivity (Wildman–Crippen MR) is 82.9 cm³/mol. The number of nitrogens with zero attached hydrogens (tertiary/aromatic N) is 1. The molecule has 0 aromatic rings. The molecular weight excluding hydrogens is 248 g/mol. The fourth-order valence-corrected chi connectivity index (χ4v) is 4.46. The highest BCUT2D eigenvalue weighted by Gasteiger charge is 2.41. The van der Waals surface area contributed by atoms with Crippen molar-refractivity contribution < 1.29 is 4.74 Å². The molecule has 0 aromatic carbocycles. The van der Waals surface area contributed by atoms with E-state index >= 15 is 0 Å². The summed E-state index contributed by atoms with van der Waals surface area (Å²) in [6.45, 7) is 10.5. The summed E-state index contributed by atoms with van der Waals surface area (Å²) in [5, 5.41) is 3.92. The van der Waals surface area contributed by atoms with Crippen molar-refractivity contribution in [2.45, 2.75) is 64.0 Å². The summed E-state index contributed by atoms with van der Waals surface area (Å²) in [4.78, 5) is 2.81. The lowest BCUT2D eigenvalue weighted by molar-refractivity contribution is 0.0517. The first-order valence-corrected chi connectivity index (χ1v) is 8.75. The van der Waals surface area contributed by atoms with E-state index in [0.29, 0.717) is 5.54 Å². The van der Waals surface area contributed by atoms with Gasteiger partial charge in [-0.05, 0) is 44.1 Å². The number of hydrogen-bond donors (Lipinski definition) is 1. The highest BCUT2D eigenvalue weighted by atomic mass is 16.5. The third-order valence-corrected chi connectivity index (χ3v) is 5.84. The Bertz CT molecular complexity index is 306. The van der Waals surface area contributed by atoms with Gasteiger partial charge in [0, 0.05) is 37.9 Å². The third-order valence-electron chi connectivity index (χ3n) is 5.84. The summed E-state index contributed by atoms with van der Waals surface area (Å²) in [6.07, 6.45) is 8.23. The van der Waals surface area contributed by atoms with Crippen LogP contribution in [0.4, 0.5) is 0 Å². The third kappa shape index (κ3) is 3.20. The quantitative estimate of drug-likeness (QED) is 0.857. The molecule has 3 rings (SSSR count). The van der Waals surface area contributed by atoms with E-state index in [1.165, 1.54) is 58.2 Å². The van der Waals surface area contributed by atoms with Crippen LogP contribution in [0.25, 0.3) is 0 Å². The van der Waals surface area contributed by atoms with Gasteiger partial charge in [0.2, 0.25) is 0 Å². The Morgan fingerprint density at radius 2 is 2.10 bits per heavy atom. The van der Waals surface area contributed by atoms with Crippen LogP contribution in [0.15, 0.2) is 0 Å². The average molecular weight is 280 g/mol. The van der Waals surface area contributed by atoms with Crippen molar-refractivity contribution in [1.82, 2.24) is 10.2 Å². The van der Waals surface area contributed by atoms with Crippen molar-refractivity contribution in [2.75, 3.05) is 32.8 Å². The maximum absolute atomic E-state index is 5.53. The zero-order chi connectivity index (χ0) is 14.0. The standard InChI is InChI=1S/C17H32N2O/c1-14(2)16-11-18-17(7-3-4-8-17)13-19(16)9-5-15-6-10-20-12-15/h14-16,18H,3-13H2,1-2H3. The molecule has 0 radical (unpaired) electrons. The lowest BCUT2D eigenvalue weighted by atomic mass is 9.88. The van der Waals surface area contributed by atoms with Gasteiger partial charge >= 0.3 is 0 Å². The minimum absolute atomic E-state index is 0.456. The highest BCUT2D eigenvalue weighted by molar-refractivity contribution is 5.01. The molecule has 3 fully saturated rings. The van der Waals surface area contributed by atoms with Crippen LogP contribution in [0.1, 0.15) is 52.4 Å². The summed E-state index contributed by atoms with van der Waals surface area (Å²) in [6, 6.07) is 0.726. The average Bonchev–Trinajstić information content (AvgIpc) is 3.08. The normalized spacial score (nSPS) is 34.4. The van der Waals surface area contributed by atoms with Crippen molar-refractivity contribution in [2.24, 2.45) is 11.8 Å². The molecular formula is C17H32N2O. The van der Waals surface area contributed by atoms with E-state index in [0.717, 1.165) is 31.1 Å². The molecule has 1 spiro atoms. The lowest BCUT2D eigenvalue weighted by Gasteiger charge is -2.48. The highest BCUT2D eigenvalue weighted by Crippen LogP contribution is 2.34. The molecule has 1 aliphatic carbocycles. The monoisotopic (exact) mass is 280 g/mol. The maximum atomic E-state index is 5.53. The van der Waals surface area contributed by atoms with Gasteiger partial charge in [-0.3, -0.25) is 4.90 Å². The van der Waals surface area contributed by atoms with E-state index in [1.807, 2.05) is 0 Å². The first kappa shape index (κ1) is 14.8. The van der Waals surface area contributed by atoms with Gasteiger partial charge in [0.1, 0.15) is 0 Å². The number of rotatable bonds is 4. The molecule has 2 saturated heterocycles. The molecule has 2 heterocycles. The number of ether oxygens (including phenoxy) is 1.